The summed E-state index contributed by atoms with van der Waals surface area (Å²) >= 11 is 0. The van der Waals surface area contributed by atoms with Crippen LogP contribution < -0.4 is 17.0 Å². The summed E-state index contributed by atoms with van der Waals surface area (Å²) in [6.45, 7) is 2.50. The van der Waals surface area contributed by atoms with E-state index in [0.29, 0.717) is 0 Å². The van der Waals surface area contributed by atoms with Gasteiger partial charge in [0.25, 0.3) is 5.56 Å². The summed E-state index contributed by atoms with van der Waals surface area (Å²) < 4.78 is 0.998. The first-order valence-corrected chi connectivity index (χ1v) is 8.57. The Kier molecular flexibility index (Phi) is 8.94. The highest BCUT2D eigenvalue weighted by molar-refractivity contribution is 5.54. The number of anilines is 1. The number of nitroso groups, excluding NO2 is 1. The fraction of sp³-hybridized carbons (Fsp3) is 0.750. The van der Waals surface area contributed by atoms with Crippen molar-refractivity contribution in [2.45, 2.75) is 77.7 Å². The molecule has 0 aliphatic rings. The Hall–Kier alpha value is -1.92. The number of aromatic amines is 1. The number of nitrogens with two attached hydrogens (primary N) is 1. The van der Waals surface area contributed by atoms with Crippen LogP contribution in [0.1, 0.15) is 71.1 Å². The summed E-state index contributed by atoms with van der Waals surface area (Å²) in [5.74, 6) is -0.269. The van der Waals surface area contributed by atoms with Crippen LogP contribution in [0.15, 0.2) is 14.8 Å². The van der Waals surface area contributed by atoms with Gasteiger partial charge in [-0.3, -0.25) is 14.3 Å². The summed E-state index contributed by atoms with van der Waals surface area (Å²) in [7, 11) is 0. The van der Waals surface area contributed by atoms with E-state index in [1.54, 1.807) is 0 Å². The Morgan fingerprint density at radius 2 is 1.48 bits per heavy atom. The van der Waals surface area contributed by atoms with Crippen molar-refractivity contribution < 1.29 is 0 Å². The second-order valence-corrected chi connectivity index (χ2v) is 5.92. The van der Waals surface area contributed by atoms with Crippen molar-refractivity contribution in [2.24, 2.45) is 5.18 Å². The van der Waals surface area contributed by atoms with E-state index in [0.717, 1.165) is 23.8 Å². The van der Waals surface area contributed by atoms with Gasteiger partial charge in [0, 0.05) is 6.54 Å². The molecule has 1 aromatic rings. The molecule has 0 radical (unpaired) electrons. The van der Waals surface area contributed by atoms with Gasteiger partial charge in [-0.05, 0) is 11.6 Å². The lowest BCUT2D eigenvalue weighted by Gasteiger charge is -2.06. The van der Waals surface area contributed by atoms with Crippen molar-refractivity contribution in [1.29, 1.82) is 0 Å². The quantitative estimate of drug-likeness (QED) is 0.453. The van der Waals surface area contributed by atoms with E-state index < -0.39 is 16.9 Å². The summed E-state index contributed by atoms with van der Waals surface area (Å²) in [4.78, 5) is 36.5. The summed E-state index contributed by atoms with van der Waals surface area (Å²) in [5, 5.41) is 2.59. The molecule has 0 saturated carbocycles. The van der Waals surface area contributed by atoms with E-state index in [1.807, 2.05) is 0 Å². The van der Waals surface area contributed by atoms with Crippen LogP contribution in [-0.2, 0) is 6.54 Å². The predicted octanol–water partition coefficient (Wildman–Crippen LogP) is 3.44. The Morgan fingerprint density at radius 3 is 2.00 bits per heavy atom. The average Bonchev–Trinajstić information content (AvgIpc) is 2.52. The fourth-order valence-electron chi connectivity index (χ4n) is 2.63. The number of nitrogens with one attached hydrogen (secondary N) is 1. The molecule has 130 valence electrons. The fourth-order valence-corrected chi connectivity index (χ4v) is 2.63. The second-order valence-electron chi connectivity index (χ2n) is 5.92. The maximum atomic E-state index is 11.9. The minimum atomic E-state index is -0.711. The molecule has 0 atom stereocenters. The molecule has 1 heterocycles. The third kappa shape index (κ3) is 6.38. The van der Waals surface area contributed by atoms with E-state index >= 15 is 0 Å². The smallest absolute Gasteiger partial charge is 0.330 e. The van der Waals surface area contributed by atoms with E-state index in [-0.39, 0.29) is 12.4 Å². The largest absolute Gasteiger partial charge is 0.383 e. The lowest BCUT2D eigenvalue weighted by molar-refractivity contribution is 0.521. The molecule has 3 N–H and O–H groups in total. The highest BCUT2D eigenvalue weighted by Crippen LogP contribution is 2.12. The van der Waals surface area contributed by atoms with Crippen LogP contribution in [0.3, 0.4) is 0 Å². The van der Waals surface area contributed by atoms with Gasteiger partial charge in [-0.2, -0.15) is 0 Å². The van der Waals surface area contributed by atoms with Gasteiger partial charge in [0.2, 0.25) is 5.69 Å². The molecule has 1 rings (SSSR count). The van der Waals surface area contributed by atoms with Gasteiger partial charge in [-0.25, -0.2) is 4.79 Å². The van der Waals surface area contributed by atoms with Crippen LogP contribution in [0.25, 0.3) is 0 Å². The number of hydrogen-bond donors (Lipinski definition) is 2. The minimum absolute atomic E-state index is 0.269. The van der Waals surface area contributed by atoms with E-state index in [1.165, 1.54) is 44.9 Å². The number of nitrogen functional groups attached to an aromatic ring is 1. The van der Waals surface area contributed by atoms with Gasteiger partial charge in [0.15, 0.2) is 0 Å². The molecule has 0 aliphatic heterocycles. The molecule has 0 spiro atoms. The van der Waals surface area contributed by atoms with Crippen LogP contribution >= 0.6 is 0 Å². The number of rotatable bonds is 12. The van der Waals surface area contributed by atoms with E-state index in [2.05, 4.69) is 17.1 Å². The number of aromatic nitrogens is 2. The first-order valence-electron chi connectivity index (χ1n) is 8.57. The highest BCUT2D eigenvalue weighted by atomic mass is 16.3. The Labute approximate surface area is 136 Å². The molecule has 23 heavy (non-hydrogen) atoms. The summed E-state index contributed by atoms with van der Waals surface area (Å²) in [5.41, 5.74) is 3.67. The highest BCUT2D eigenvalue weighted by Gasteiger charge is 2.12. The summed E-state index contributed by atoms with van der Waals surface area (Å²) in [6, 6.07) is 0. The molecule has 7 heteroatoms. The van der Waals surface area contributed by atoms with Gasteiger partial charge in [0.1, 0.15) is 5.82 Å². The average molecular weight is 324 g/mol. The summed E-state index contributed by atoms with van der Waals surface area (Å²) in [6.07, 6.45) is 11.7. The minimum Gasteiger partial charge on any atom is -0.383 e. The Morgan fingerprint density at radius 1 is 0.957 bits per heavy atom. The third-order valence-corrected chi connectivity index (χ3v) is 4.02. The second kappa shape index (κ2) is 10.7. The van der Waals surface area contributed by atoms with Crippen LogP contribution in [-0.4, -0.2) is 9.55 Å². The topological polar surface area (TPSA) is 110 Å². The number of hydrogen-bond acceptors (Lipinski definition) is 5. The molecule has 0 aromatic carbocycles. The molecule has 0 aliphatic carbocycles. The molecule has 0 fully saturated rings. The first kappa shape index (κ1) is 19.1. The van der Waals surface area contributed by atoms with Crippen LogP contribution in [0.4, 0.5) is 11.5 Å². The van der Waals surface area contributed by atoms with Crippen molar-refractivity contribution in [3.05, 3.63) is 25.7 Å². The van der Waals surface area contributed by atoms with E-state index in [4.69, 9.17) is 5.73 Å². The zero-order valence-electron chi connectivity index (χ0n) is 14.0. The zero-order chi connectivity index (χ0) is 17.1. The Bertz CT molecular complexity index is 592. The number of H-pyrrole nitrogens is 1. The van der Waals surface area contributed by atoms with E-state index in [9.17, 15) is 14.5 Å². The molecule has 7 nitrogen and oxygen atoms in total. The van der Waals surface area contributed by atoms with Crippen LogP contribution in [0.5, 0.6) is 0 Å². The van der Waals surface area contributed by atoms with Gasteiger partial charge < -0.3 is 5.73 Å². The molecule has 0 bridgehead atoms. The molecule has 0 amide bonds. The normalized spacial score (nSPS) is 10.8. The van der Waals surface area contributed by atoms with Crippen molar-refractivity contribution in [3.8, 4) is 0 Å². The maximum Gasteiger partial charge on any atom is 0.330 e. The lowest BCUT2D eigenvalue weighted by Crippen LogP contribution is -2.35. The lowest BCUT2D eigenvalue weighted by atomic mass is 10.1. The zero-order valence-corrected chi connectivity index (χ0v) is 14.0. The SMILES string of the molecule is CCCCCCCCCCCCn1c(=O)[nH]c(N)c(N=O)c1=O. The number of unbranched alkanes of at least 4 members (excludes halogenated alkanes) is 9. The number of nitrogens with zero attached hydrogens (tertiary/aromatic N) is 2. The molecule has 0 saturated heterocycles. The maximum absolute atomic E-state index is 11.9. The van der Waals surface area contributed by atoms with Gasteiger partial charge in [-0.15, -0.1) is 4.91 Å². The molecule has 1 aromatic heterocycles. The van der Waals surface area contributed by atoms with Gasteiger partial charge in [0.05, 0.1) is 0 Å². The van der Waals surface area contributed by atoms with Crippen molar-refractivity contribution in [3.63, 3.8) is 0 Å². The standard InChI is InChI=1S/C16H28N4O3/c1-2-3-4-5-6-7-8-9-10-11-12-20-15(21)13(19-23)14(17)18-16(20)22/h2-12,17H2,1H3,(H,18,22). The molecule has 0 unspecified atom stereocenters. The predicted molar refractivity (Wildman–Crippen MR) is 93.0 cm³/mol. The van der Waals surface area contributed by atoms with Crippen LogP contribution in [0, 0.1) is 4.91 Å². The molecular weight excluding hydrogens is 296 g/mol. The first-order chi connectivity index (χ1) is 11.1. The van der Waals surface area contributed by atoms with Crippen LogP contribution in [0.2, 0.25) is 0 Å². The van der Waals surface area contributed by atoms with Crippen molar-refractivity contribution in [1.82, 2.24) is 9.55 Å². The van der Waals surface area contributed by atoms with Gasteiger partial charge >= 0.3 is 5.69 Å². The monoisotopic (exact) mass is 324 g/mol. The third-order valence-electron chi connectivity index (χ3n) is 4.02. The van der Waals surface area contributed by atoms with Crippen molar-refractivity contribution in [2.75, 3.05) is 5.73 Å². The van der Waals surface area contributed by atoms with Gasteiger partial charge in [-0.1, -0.05) is 64.7 Å². The van der Waals surface area contributed by atoms with Crippen molar-refractivity contribution >= 4 is 11.5 Å². The Balaban J connectivity index is 2.28. The molecular formula is C16H28N4O3.